The van der Waals surface area contributed by atoms with Crippen molar-refractivity contribution in [1.29, 1.82) is 0 Å². The summed E-state index contributed by atoms with van der Waals surface area (Å²) >= 11 is 0. The second-order valence-electron chi connectivity index (χ2n) is 5.24. The van der Waals surface area contributed by atoms with Gasteiger partial charge in [0.1, 0.15) is 0 Å². The summed E-state index contributed by atoms with van der Waals surface area (Å²) in [4.78, 5) is 14.4. The van der Waals surface area contributed by atoms with Crippen LogP contribution in [0.3, 0.4) is 0 Å². The van der Waals surface area contributed by atoms with E-state index in [1.807, 2.05) is 0 Å². The molecule has 0 aromatic heterocycles. The van der Waals surface area contributed by atoms with Gasteiger partial charge in [-0.3, -0.25) is 4.79 Å². The summed E-state index contributed by atoms with van der Waals surface area (Å²) < 4.78 is 0. The van der Waals surface area contributed by atoms with Crippen molar-refractivity contribution in [3.63, 3.8) is 0 Å². The van der Waals surface area contributed by atoms with Crippen molar-refractivity contribution < 1.29 is 4.79 Å². The summed E-state index contributed by atoms with van der Waals surface area (Å²) in [6.07, 6.45) is 4.90. The van der Waals surface area contributed by atoms with Crippen LogP contribution in [0.15, 0.2) is 0 Å². The number of nitrogens with zero attached hydrogens (tertiary/aromatic N) is 1. The fraction of sp³-hybridized carbons (Fsp3) is 0.923. The Balaban J connectivity index is 1.85. The van der Waals surface area contributed by atoms with E-state index < -0.39 is 0 Å². The smallest absolute Gasteiger partial charge is 0.241 e. The molecular formula is C13H25N3O. The standard InChI is InChI=1S/C13H25N3O/c1-2-11-4-3-8-16(9-5-11)13(17)12-10-14-6-7-15-12/h11-12,14-15H,2-10H2,1H3. The minimum Gasteiger partial charge on any atom is -0.341 e. The highest BCUT2D eigenvalue weighted by Crippen LogP contribution is 2.20. The highest BCUT2D eigenvalue weighted by Gasteiger charge is 2.27. The number of carbonyl (C=O) groups is 1. The molecule has 98 valence electrons. The predicted molar refractivity (Wildman–Crippen MR) is 68.9 cm³/mol. The van der Waals surface area contributed by atoms with Crippen LogP contribution >= 0.6 is 0 Å². The average Bonchev–Trinajstić information content (AvgIpc) is 2.64. The number of rotatable bonds is 2. The molecule has 17 heavy (non-hydrogen) atoms. The second kappa shape index (κ2) is 6.36. The Hall–Kier alpha value is -0.610. The van der Waals surface area contributed by atoms with Crippen molar-refractivity contribution in [1.82, 2.24) is 15.5 Å². The van der Waals surface area contributed by atoms with E-state index in [-0.39, 0.29) is 6.04 Å². The van der Waals surface area contributed by atoms with Gasteiger partial charge < -0.3 is 15.5 Å². The highest BCUT2D eigenvalue weighted by molar-refractivity contribution is 5.82. The molecule has 1 amide bonds. The van der Waals surface area contributed by atoms with Gasteiger partial charge in [-0.2, -0.15) is 0 Å². The molecule has 2 saturated heterocycles. The van der Waals surface area contributed by atoms with E-state index in [0.717, 1.165) is 38.6 Å². The Bertz CT molecular complexity index is 251. The average molecular weight is 239 g/mol. The van der Waals surface area contributed by atoms with Crippen LogP contribution in [0, 0.1) is 5.92 Å². The number of hydrogen-bond acceptors (Lipinski definition) is 3. The number of nitrogens with one attached hydrogen (secondary N) is 2. The molecule has 2 heterocycles. The van der Waals surface area contributed by atoms with Gasteiger partial charge in [0.15, 0.2) is 0 Å². The lowest BCUT2D eigenvalue weighted by molar-refractivity contribution is -0.133. The molecule has 2 aliphatic rings. The molecule has 2 unspecified atom stereocenters. The summed E-state index contributed by atoms with van der Waals surface area (Å²) in [5.74, 6) is 1.12. The molecule has 0 radical (unpaired) electrons. The third-order valence-electron chi connectivity index (χ3n) is 4.08. The van der Waals surface area contributed by atoms with Gasteiger partial charge in [-0.15, -0.1) is 0 Å². The molecule has 2 rings (SSSR count). The first kappa shape index (κ1) is 12.8. The summed E-state index contributed by atoms with van der Waals surface area (Å²) in [5.41, 5.74) is 0. The van der Waals surface area contributed by atoms with Gasteiger partial charge in [0.25, 0.3) is 0 Å². The Morgan fingerprint density at radius 3 is 2.88 bits per heavy atom. The number of piperazine rings is 1. The Kier molecular flexibility index (Phi) is 4.80. The molecule has 0 spiro atoms. The van der Waals surface area contributed by atoms with Crippen LogP contribution in [0.4, 0.5) is 0 Å². The van der Waals surface area contributed by atoms with Crippen LogP contribution in [0.5, 0.6) is 0 Å². The third kappa shape index (κ3) is 3.42. The molecule has 4 heteroatoms. The van der Waals surface area contributed by atoms with Crippen molar-refractivity contribution in [3.8, 4) is 0 Å². The zero-order valence-corrected chi connectivity index (χ0v) is 10.9. The zero-order chi connectivity index (χ0) is 12.1. The first-order chi connectivity index (χ1) is 8.31. The molecule has 0 aromatic carbocycles. The topological polar surface area (TPSA) is 44.4 Å². The number of hydrogen-bond donors (Lipinski definition) is 2. The number of carbonyl (C=O) groups excluding carboxylic acids is 1. The van der Waals surface area contributed by atoms with Gasteiger partial charge >= 0.3 is 0 Å². The van der Waals surface area contributed by atoms with E-state index in [1.165, 1.54) is 25.7 Å². The van der Waals surface area contributed by atoms with Crippen LogP contribution in [0.25, 0.3) is 0 Å². The van der Waals surface area contributed by atoms with Crippen molar-refractivity contribution in [3.05, 3.63) is 0 Å². The summed E-state index contributed by atoms with van der Waals surface area (Å²) in [6.45, 7) is 6.83. The summed E-state index contributed by atoms with van der Waals surface area (Å²) in [7, 11) is 0. The largest absolute Gasteiger partial charge is 0.341 e. The first-order valence-electron chi connectivity index (χ1n) is 7.04. The molecule has 4 nitrogen and oxygen atoms in total. The van der Waals surface area contributed by atoms with Crippen molar-refractivity contribution >= 4 is 5.91 Å². The van der Waals surface area contributed by atoms with E-state index in [1.54, 1.807) is 0 Å². The molecule has 0 saturated carbocycles. The quantitative estimate of drug-likeness (QED) is 0.741. The van der Waals surface area contributed by atoms with Crippen LogP contribution in [-0.2, 0) is 4.79 Å². The van der Waals surface area contributed by atoms with Crippen LogP contribution < -0.4 is 10.6 Å². The fourth-order valence-corrected chi connectivity index (χ4v) is 2.84. The minimum atomic E-state index is 0.00178. The predicted octanol–water partition coefficient (Wildman–Crippen LogP) is 0.587. The molecule has 2 N–H and O–H groups in total. The normalized spacial score (nSPS) is 31.0. The van der Waals surface area contributed by atoms with Crippen molar-refractivity contribution in [2.24, 2.45) is 5.92 Å². The molecule has 2 aliphatic heterocycles. The van der Waals surface area contributed by atoms with E-state index >= 15 is 0 Å². The highest BCUT2D eigenvalue weighted by atomic mass is 16.2. The Labute approximate surface area is 104 Å². The lowest BCUT2D eigenvalue weighted by atomic mass is 9.98. The minimum absolute atomic E-state index is 0.00178. The monoisotopic (exact) mass is 239 g/mol. The number of likely N-dealkylation sites (tertiary alicyclic amines) is 1. The zero-order valence-electron chi connectivity index (χ0n) is 10.9. The molecule has 2 fully saturated rings. The van der Waals surface area contributed by atoms with Crippen molar-refractivity contribution in [2.75, 3.05) is 32.7 Å². The van der Waals surface area contributed by atoms with Gasteiger partial charge in [0, 0.05) is 32.7 Å². The van der Waals surface area contributed by atoms with Gasteiger partial charge in [-0.25, -0.2) is 0 Å². The lowest BCUT2D eigenvalue weighted by Gasteiger charge is -2.29. The van der Waals surface area contributed by atoms with E-state index in [4.69, 9.17) is 0 Å². The van der Waals surface area contributed by atoms with E-state index in [0.29, 0.717) is 5.91 Å². The van der Waals surface area contributed by atoms with E-state index in [9.17, 15) is 4.79 Å². The van der Waals surface area contributed by atoms with Gasteiger partial charge in [-0.05, 0) is 25.2 Å². The molecule has 0 bridgehead atoms. The van der Waals surface area contributed by atoms with Crippen molar-refractivity contribution in [2.45, 2.75) is 38.6 Å². The summed E-state index contributed by atoms with van der Waals surface area (Å²) in [5, 5.41) is 6.59. The first-order valence-corrected chi connectivity index (χ1v) is 7.04. The maximum Gasteiger partial charge on any atom is 0.241 e. The van der Waals surface area contributed by atoms with Gasteiger partial charge in [-0.1, -0.05) is 13.3 Å². The molecular weight excluding hydrogens is 214 g/mol. The van der Waals surface area contributed by atoms with Crippen LogP contribution in [0.2, 0.25) is 0 Å². The van der Waals surface area contributed by atoms with E-state index in [2.05, 4.69) is 22.5 Å². The maximum absolute atomic E-state index is 12.3. The fourth-order valence-electron chi connectivity index (χ4n) is 2.84. The van der Waals surface area contributed by atoms with Crippen LogP contribution in [0.1, 0.15) is 32.6 Å². The molecule has 2 atom stereocenters. The second-order valence-corrected chi connectivity index (χ2v) is 5.24. The SMILES string of the molecule is CCC1CCCN(C(=O)C2CNCCN2)CC1. The van der Waals surface area contributed by atoms with Gasteiger partial charge in [0.05, 0.1) is 6.04 Å². The Morgan fingerprint density at radius 1 is 1.29 bits per heavy atom. The summed E-state index contributed by atoms with van der Waals surface area (Å²) in [6, 6.07) is 0.00178. The number of amides is 1. The molecule has 0 aromatic rings. The molecule has 0 aliphatic carbocycles. The lowest BCUT2D eigenvalue weighted by Crippen LogP contribution is -2.56. The third-order valence-corrected chi connectivity index (χ3v) is 4.08. The maximum atomic E-state index is 12.3. The van der Waals surface area contributed by atoms with Gasteiger partial charge in [0.2, 0.25) is 5.91 Å². The van der Waals surface area contributed by atoms with Crippen LogP contribution in [-0.4, -0.2) is 49.6 Å². The Morgan fingerprint density at radius 2 is 2.18 bits per heavy atom.